The third kappa shape index (κ3) is 3.15. The second-order valence-electron chi connectivity index (χ2n) is 5.37. The molecule has 112 valence electrons. The van der Waals surface area contributed by atoms with E-state index in [1.54, 1.807) is 12.1 Å². The van der Waals surface area contributed by atoms with Crippen molar-refractivity contribution in [2.24, 2.45) is 5.73 Å². The van der Waals surface area contributed by atoms with Gasteiger partial charge in [0.05, 0.1) is 11.6 Å². The van der Waals surface area contributed by atoms with Gasteiger partial charge in [-0.1, -0.05) is 25.1 Å². The van der Waals surface area contributed by atoms with Gasteiger partial charge >= 0.3 is 6.18 Å². The van der Waals surface area contributed by atoms with Gasteiger partial charge in [0, 0.05) is 6.04 Å². The fourth-order valence-corrected chi connectivity index (χ4v) is 3.08. The lowest BCUT2D eigenvalue weighted by molar-refractivity contribution is -0.139. The molecule has 0 amide bonds. The third-order valence-corrected chi connectivity index (χ3v) is 3.88. The van der Waals surface area contributed by atoms with Crippen LogP contribution in [0.1, 0.15) is 43.4 Å². The minimum atomic E-state index is -4.33. The van der Waals surface area contributed by atoms with Crippen molar-refractivity contribution in [1.82, 2.24) is 4.90 Å². The molecule has 1 aromatic rings. The summed E-state index contributed by atoms with van der Waals surface area (Å²) in [6, 6.07) is 5.25. The highest BCUT2D eigenvalue weighted by Crippen LogP contribution is 2.39. The van der Waals surface area contributed by atoms with Gasteiger partial charge in [-0.05, 0) is 44.0 Å². The number of halogens is 3. The molecule has 0 saturated carbocycles. The zero-order valence-electron chi connectivity index (χ0n) is 11.7. The van der Waals surface area contributed by atoms with Crippen molar-refractivity contribution in [1.29, 1.82) is 0 Å². The van der Waals surface area contributed by atoms with Crippen LogP contribution in [-0.2, 0) is 6.18 Å². The van der Waals surface area contributed by atoms with Gasteiger partial charge in [-0.25, -0.2) is 0 Å². The summed E-state index contributed by atoms with van der Waals surface area (Å²) in [5.41, 5.74) is 5.90. The Morgan fingerprint density at radius 2 is 2.00 bits per heavy atom. The van der Waals surface area contributed by atoms with Crippen LogP contribution < -0.4 is 5.73 Å². The van der Waals surface area contributed by atoms with Crippen LogP contribution in [0.5, 0.6) is 0 Å². The first-order chi connectivity index (χ1) is 9.45. The SMILES string of the molecule is CCCN1CCCC(N)C1c1ccccc1C(F)(F)F. The van der Waals surface area contributed by atoms with E-state index in [2.05, 4.69) is 4.90 Å². The molecule has 1 saturated heterocycles. The van der Waals surface area contributed by atoms with E-state index in [1.807, 2.05) is 6.92 Å². The number of hydrogen-bond acceptors (Lipinski definition) is 2. The van der Waals surface area contributed by atoms with E-state index in [4.69, 9.17) is 5.73 Å². The number of nitrogens with two attached hydrogens (primary N) is 1. The number of benzene rings is 1. The highest BCUT2D eigenvalue weighted by molar-refractivity contribution is 5.33. The van der Waals surface area contributed by atoms with Gasteiger partial charge in [0.1, 0.15) is 0 Å². The molecule has 0 aromatic heterocycles. The second-order valence-corrected chi connectivity index (χ2v) is 5.37. The summed E-state index contributed by atoms with van der Waals surface area (Å²) >= 11 is 0. The average Bonchev–Trinajstić information content (AvgIpc) is 2.38. The zero-order chi connectivity index (χ0) is 14.8. The van der Waals surface area contributed by atoms with Gasteiger partial charge in [0.15, 0.2) is 0 Å². The standard InChI is InChI=1S/C15H21F3N2/c1-2-9-20-10-5-8-13(19)14(20)11-6-3-4-7-12(11)15(16,17)18/h3-4,6-7,13-14H,2,5,8-10,19H2,1H3. The predicted molar refractivity (Wildman–Crippen MR) is 73.3 cm³/mol. The summed E-state index contributed by atoms with van der Waals surface area (Å²) < 4.78 is 39.6. The summed E-state index contributed by atoms with van der Waals surface area (Å²) in [5.74, 6) is 0. The van der Waals surface area contributed by atoms with E-state index in [9.17, 15) is 13.2 Å². The van der Waals surface area contributed by atoms with Crippen molar-refractivity contribution < 1.29 is 13.2 Å². The van der Waals surface area contributed by atoms with Crippen LogP contribution in [0.2, 0.25) is 0 Å². The summed E-state index contributed by atoms with van der Waals surface area (Å²) in [7, 11) is 0. The van der Waals surface area contributed by atoms with E-state index in [1.165, 1.54) is 6.07 Å². The zero-order valence-corrected chi connectivity index (χ0v) is 11.7. The first-order valence-electron chi connectivity index (χ1n) is 7.11. The molecule has 1 aromatic carbocycles. The molecule has 2 atom stereocenters. The van der Waals surface area contributed by atoms with Gasteiger partial charge in [-0.3, -0.25) is 4.90 Å². The van der Waals surface area contributed by atoms with Crippen molar-refractivity contribution in [2.45, 2.75) is 44.4 Å². The highest BCUT2D eigenvalue weighted by Gasteiger charge is 2.38. The van der Waals surface area contributed by atoms with Crippen molar-refractivity contribution in [2.75, 3.05) is 13.1 Å². The van der Waals surface area contributed by atoms with Crippen molar-refractivity contribution >= 4 is 0 Å². The monoisotopic (exact) mass is 286 g/mol. The lowest BCUT2D eigenvalue weighted by Crippen LogP contribution is -2.46. The molecule has 2 nitrogen and oxygen atoms in total. The molecule has 1 heterocycles. The van der Waals surface area contributed by atoms with E-state index in [-0.39, 0.29) is 12.1 Å². The minimum absolute atomic E-state index is 0.237. The average molecular weight is 286 g/mol. The predicted octanol–water partition coefficient (Wildman–Crippen LogP) is 3.58. The Morgan fingerprint density at radius 1 is 1.30 bits per heavy atom. The van der Waals surface area contributed by atoms with Crippen LogP contribution in [0.15, 0.2) is 24.3 Å². The molecule has 20 heavy (non-hydrogen) atoms. The molecule has 0 aliphatic carbocycles. The van der Waals surface area contributed by atoms with E-state index in [0.29, 0.717) is 5.56 Å². The molecule has 1 aliphatic heterocycles. The maximum absolute atomic E-state index is 13.2. The van der Waals surface area contributed by atoms with E-state index >= 15 is 0 Å². The molecular formula is C15H21F3N2. The summed E-state index contributed by atoms with van der Waals surface area (Å²) in [5, 5.41) is 0. The number of piperidine rings is 1. The molecule has 0 bridgehead atoms. The Morgan fingerprint density at radius 3 is 2.65 bits per heavy atom. The fraction of sp³-hybridized carbons (Fsp3) is 0.600. The number of nitrogens with zero attached hydrogens (tertiary/aromatic N) is 1. The highest BCUT2D eigenvalue weighted by atomic mass is 19.4. The molecule has 0 spiro atoms. The van der Waals surface area contributed by atoms with Crippen LogP contribution in [0.3, 0.4) is 0 Å². The van der Waals surface area contributed by atoms with Crippen molar-refractivity contribution in [3.63, 3.8) is 0 Å². The maximum Gasteiger partial charge on any atom is 0.416 e. The van der Waals surface area contributed by atoms with E-state index < -0.39 is 11.7 Å². The van der Waals surface area contributed by atoms with Crippen LogP contribution in [0.4, 0.5) is 13.2 Å². The van der Waals surface area contributed by atoms with Crippen molar-refractivity contribution in [3.8, 4) is 0 Å². The number of hydrogen-bond donors (Lipinski definition) is 1. The maximum atomic E-state index is 13.2. The molecule has 5 heteroatoms. The smallest absolute Gasteiger partial charge is 0.326 e. The molecule has 0 radical (unpaired) electrons. The van der Waals surface area contributed by atoms with Crippen LogP contribution in [0, 0.1) is 0 Å². The molecule has 1 aliphatic rings. The topological polar surface area (TPSA) is 29.3 Å². The molecular weight excluding hydrogens is 265 g/mol. The first kappa shape index (κ1) is 15.3. The van der Waals surface area contributed by atoms with Gasteiger partial charge in [0.2, 0.25) is 0 Å². The lowest BCUT2D eigenvalue weighted by atomic mass is 9.88. The Labute approximate surface area is 117 Å². The quantitative estimate of drug-likeness (QED) is 0.920. The molecule has 2 N–H and O–H groups in total. The first-order valence-corrected chi connectivity index (χ1v) is 7.11. The van der Waals surface area contributed by atoms with Crippen LogP contribution in [0.25, 0.3) is 0 Å². The fourth-order valence-electron chi connectivity index (χ4n) is 3.08. The Kier molecular flexibility index (Phi) is 4.70. The Bertz CT molecular complexity index is 443. The number of likely N-dealkylation sites (tertiary alicyclic amines) is 1. The molecule has 2 unspecified atom stereocenters. The Balaban J connectivity index is 2.41. The minimum Gasteiger partial charge on any atom is -0.326 e. The number of alkyl halides is 3. The molecule has 2 rings (SSSR count). The summed E-state index contributed by atoms with van der Waals surface area (Å²) in [6.45, 7) is 3.63. The van der Waals surface area contributed by atoms with Crippen molar-refractivity contribution in [3.05, 3.63) is 35.4 Å². The third-order valence-electron chi connectivity index (χ3n) is 3.88. The number of rotatable bonds is 3. The normalized spacial score (nSPS) is 24.9. The lowest BCUT2D eigenvalue weighted by Gasteiger charge is -2.41. The van der Waals surface area contributed by atoms with Crippen LogP contribution in [-0.4, -0.2) is 24.0 Å². The second kappa shape index (κ2) is 6.14. The van der Waals surface area contributed by atoms with Gasteiger partial charge in [0.25, 0.3) is 0 Å². The van der Waals surface area contributed by atoms with Gasteiger partial charge in [-0.15, -0.1) is 0 Å². The summed E-state index contributed by atoms with van der Waals surface area (Å²) in [4.78, 5) is 2.10. The molecule has 1 fully saturated rings. The summed E-state index contributed by atoms with van der Waals surface area (Å²) in [6.07, 6.45) is -1.69. The van der Waals surface area contributed by atoms with E-state index in [0.717, 1.165) is 38.4 Å². The Hall–Kier alpha value is -1.07. The van der Waals surface area contributed by atoms with Crippen LogP contribution >= 0.6 is 0 Å². The van der Waals surface area contributed by atoms with Gasteiger partial charge in [-0.2, -0.15) is 13.2 Å². The largest absolute Gasteiger partial charge is 0.416 e. The van der Waals surface area contributed by atoms with Gasteiger partial charge < -0.3 is 5.73 Å².